The summed E-state index contributed by atoms with van der Waals surface area (Å²) < 4.78 is 14.0. The normalized spacial score (nSPS) is 11.2. The van der Waals surface area contributed by atoms with Crippen LogP contribution in [0.2, 0.25) is 10.3 Å². The summed E-state index contributed by atoms with van der Waals surface area (Å²) in [6, 6.07) is 5.53. The van der Waals surface area contributed by atoms with Gasteiger partial charge >= 0.3 is 0 Å². The second-order valence-electron chi connectivity index (χ2n) is 5.24. The number of imidazole rings is 1. The second kappa shape index (κ2) is 6.75. The Hall–Kier alpha value is -2.36. The summed E-state index contributed by atoms with van der Waals surface area (Å²) in [5.74, 6) is 1.86. The molecule has 0 spiro atoms. The van der Waals surface area contributed by atoms with Crippen LogP contribution in [0.25, 0.3) is 16.3 Å². The molecule has 0 amide bonds. The third-order valence-corrected chi connectivity index (χ3v) is 5.37. The zero-order chi connectivity index (χ0) is 18.3. The Bertz CT molecular complexity index is 1090. The van der Waals surface area contributed by atoms with Crippen LogP contribution in [0.15, 0.2) is 24.5 Å². The molecule has 0 bridgehead atoms. The van der Waals surface area contributed by atoms with Gasteiger partial charge in [0.15, 0.2) is 22.5 Å². The standard InChI is InChI=1S/C15H12Cl2N6O2S/c1-24-9-4-3-8(5-10(9)25-2)14-19-20-15-23(14)21-11(26-15)6-22-7-18-12(16)13(22)17/h3-5,7H,6H2,1-2H3. The second-order valence-corrected chi connectivity index (χ2v) is 6.99. The Morgan fingerprint density at radius 3 is 2.62 bits per heavy atom. The van der Waals surface area contributed by atoms with Gasteiger partial charge in [0.25, 0.3) is 0 Å². The van der Waals surface area contributed by atoms with Crippen LogP contribution >= 0.6 is 34.5 Å². The molecule has 0 unspecified atom stereocenters. The van der Waals surface area contributed by atoms with E-state index in [1.807, 2.05) is 18.2 Å². The van der Waals surface area contributed by atoms with Crippen LogP contribution in [0, 0.1) is 0 Å². The SMILES string of the molecule is COc1ccc(-c2nnc3sc(Cn4cnc(Cl)c4Cl)nn23)cc1OC. The summed E-state index contributed by atoms with van der Waals surface area (Å²) >= 11 is 13.4. The number of nitrogens with zero attached hydrogens (tertiary/aromatic N) is 6. The van der Waals surface area contributed by atoms with Crippen LogP contribution in [0.1, 0.15) is 5.01 Å². The van der Waals surface area contributed by atoms with E-state index in [1.165, 1.54) is 11.3 Å². The van der Waals surface area contributed by atoms with Gasteiger partial charge in [-0.3, -0.25) is 0 Å². The number of benzene rings is 1. The van der Waals surface area contributed by atoms with E-state index in [4.69, 9.17) is 32.7 Å². The highest BCUT2D eigenvalue weighted by Gasteiger charge is 2.16. The molecule has 0 aliphatic heterocycles. The molecule has 26 heavy (non-hydrogen) atoms. The van der Waals surface area contributed by atoms with E-state index in [0.717, 1.165) is 10.6 Å². The lowest BCUT2D eigenvalue weighted by Gasteiger charge is -2.08. The van der Waals surface area contributed by atoms with E-state index in [1.54, 1.807) is 29.6 Å². The van der Waals surface area contributed by atoms with Gasteiger partial charge in [0.2, 0.25) is 4.96 Å². The minimum Gasteiger partial charge on any atom is -0.493 e. The zero-order valence-corrected chi connectivity index (χ0v) is 16.0. The highest BCUT2D eigenvalue weighted by molar-refractivity contribution is 7.16. The van der Waals surface area contributed by atoms with Crippen LogP contribution in [-0.4, -0.2) is 43.6 Å². The molecule has 0 radical (unpaired) electrons. The van der Waals surface area contributed by atoms with Crippen molar-refractivity contribution in [2.45, 2.75) is 6.54 Å². The summed E-state index contributed by atoms with van der Waals surface area (Å²) in [6.07, 6.45) is 1.57. The van der Waals surface area contributed by atoms with Crippen molar-refractivity contribution >= 4 is 39.5 Å². The van der Waals surface area contributed by atoms with Gasteiger partial charge < -0.3 is 14.0 Å². The molecule has 3 heterocycles. The van der Waals surface area contributed by atoms with E-state index in [9.17, 15) is 0 Å². The molecule has 0 atom stereocenters. The van der Waals surface area contributed by atoms with Crippen molar-refractivity contribution in [2.75, 3.05) is 14.2 Å². The molecule has 11 heteroatoms. The van der Waals surface area contributed by atoms with Crippen molar-refractivity contribution in [3.63, 3.8) is 0 Å². The quantitative estimate of drug-likeness (QED) is 0.501. The molecule has 134 valence electrons. The Morgan fingerprint density at radius 2 is 1.92 bits per heavy atom. The molecule has 0 aliphatic carbocycles. The average molecular weight is 411 g/mol. The number of methoxy groups -OCH3 is 2. The fourth-order valence-corrected chi connectivity index (χ4v) is 3.61. The molecular weight excluding hydrogens is 399 g/mol. The van der Waals surface area contributed by atoms with Crippen molar-refractivity contribution in [1.29, 1.82) is 0 Å². The maximum atomic E-state index is 6.11. The van der Waals surface area contributed by atoms with Gasteiger partial charge in [-0.25, -0.2) is 4.98 Å². The van der Waals surface area contributed by atoms with Gasteiger partial charge in [-0.05, 0) is 18.2 Å². The number of rotatable bonds is 5. The van der Waals surface area contributed by atoms with Gasteiger partial charge in [-0.15, -0.1) is 10.2 Å². The molecule has 4 aromatic rings. The van der Waals surface area contributed by atoms with E-state index in [-0.39, 0.29) is 5.15 Å². The lowest BCUT2D eigenvalue weighted by atomic mass is 10.2. The number of aromatic nitrogens is 6. The molecule has 4 rings (SSSR count). The first kappa shape index (κ1) is 17.1. The predicted octanol–water partition coefficient (Wildman–Crippen LogP) is 3.42. The maximum absolute atomic E-state index is 6.11. The fraction of sp³-hybridized carbons (Fsp3) is 0.200. The minimum absolute atomic E-state index is 0.265. The third-order valence-electron chi connectivity index (χ3n) is 3.71. The van der Waals surface area contributed by atoms with E-state index >= 15 is 0 Å². The predicted molar refractivity (Wildman–Crippen MR) is 98.5 cm³/mol. The van der Waals surface area contributed by atoms with Crippen molar-refractivity contribution in [3.05, 3.63) is 39.8 Å². The van der Waals surface area contributed by atoms with Crippen molar-refractivity contribution in [3.8, 4) is 22.9 Å². The molecule has 0 aliphatic rings. The molecule has 3 aromatic heterocycles. The summed E-state index contributed by atoms with van der Waals surface area (Å²) in [5, 5.41) is 14.4. The maximum Gasteiger partial charge on any atom is 0.235 e. The third kappa shape index (κ3) is 2.87. The van der Waals surface area contributed by atoms with Crippen molar-refractivity contribution < 1.29 is 9.47 Å². The highest BCUT2D eigenvalue weighted by Crippen LogP contribution is 2.32. The Kier molecular flexibility index (Phi) is 4.43. The first-order valence-corrected chi connectivity index (χ1v) is 8.97. The Morgan fingerprint density at radius 1 is 1.12 bits per heavy atom. The van der Waals surface area contributed by atoms with Gasteiger partial charge in [0.05, 0.1) is 27.1 Å². The molecule has 0 saturated carbocycles. The van der Waals surface area contributed by atoms with Gasteiger partial charge in [0.1, 0.15) is 10.2 Å². The smallest absolute Gasteiger partial charge is 0.235 e. The molecule has 0 N–H and O–H groups in total. The number of ether oxygens (including phenoxy) is 2. The van der Waals surface area contributed by atoms with Gasteiger partial charge in [-0.2, -0.15) is 9.61 Å². The molecule has 8 nitrogen and oxygen atoms in total. The first-order valence-electron chi connectivity index (χ1n) is 7.40. The molecule has 1 aromatic carbocycles. The molecular formula is C15H12Cl2N6O2S. The molecule has 0 fully saturated rings. The largest absolute Gasteiger partial charge is 0.493 e. The van der Waals surface area contributed by atoms with Crippen LogP contribution in [0.5, 0.6) is 11.5 Å². The van der Waals surface area contributed by atoms with E-state index < -0.39 is 0 Å². The summed E-state index contributed by atoms with van der Waals surface area (Å²) in [4.78, 5) is 4.64. The van der Waals surface area contributed by atoms with Gasteiger partial charge in [0, 0.05) is 5.56 Å². The lowest BCUT2D eigenvalue weighted by molar-refractivity contribution is 0.355. The average Bonchev–Trinajstić information content (AvgIpc) is 3.31. The topological polar surface area (TPSA) is 79.4 Å². The Labute approximate surface area is 161 Å². The fourth-order valence-electron chi connectivity index (χ4n) is 2.47. The summed E-state index contributed by atoms with van der Waals surface area (Å²) in [7, 11) is 3.18. The summed E-state index contributed by atoms with van der Waals surface area (Å²) in [6.45, 7) is 0.442. The van der Waals surface area contributed by atoms with Crippen LogP contribution < -0.4 is 9.47 Å². The number of halogens is 2. The summed E-state index contributed by atoms with van der Waals surface area (Å²) in [5.41, 5.74) is 0.815. The molecule has 0 saturated heterocycles. The first-order chi connectivity index (χ1) is 12.6. The number of hydrogen-bond acceptors (Lipinski definition) is 7. The van der Waals surface area contributed by atoms with E-state index in [2.05, 4.69) is 20.3 Å². The van der Waals surface area contributed by atoms with Gasteiger partial charge in [-0.1, -0.05) is 34.5 Å². The monoisotopic (exact) mass is 410 g/mol. The number of hydrogen-bond donors (Lipinski definition) is 0. The lowest BCUT2D eigenvalue weighted by Crippen LogP contribution is -1.99. The van der Waals surface area contributed by atoms with Crippen LogP contribution in [-0.2, 0) is 6.54 Å². The Balaban J connectivity index is 1.71. The van der Waals surface area contributed by atoms with E-state index in [0.29, 0.717) is 34.0 Å². The van der Waals surface area contributed by atoms with Crippen molar-refractivity contribution in [2.24, 2.45) is 0 Å². The number of fused-ring (bicyclic) bond motifs is 1. The minimum atomic E-state index is 0.265. The highest BCUT2D eigenvalue weighted by atomic mass is 35.5. The van der Waals surface area contributed by atoms with Crippen LogP contribution in [0.4, 0.5) is 0 Å². The van der Waals surface area contributed by atoms with Crippen molar-refractivity contribution in [1.82, 2.24) is 29.4 Å². The zero-order valence-electron chi connectivity index (χ0n) is 13.7. The van der Waals surface area contributed by atoms with Crippen LogP contribution in [0.3, 0.4) is 0 Å².